The molecule has 53 heavy (non-hydrogen) atoms. The summed E-state index contributed by atoms with van der Waals surface area (Å²) in [5.41, 5.74) is -1.91. The molecular formula is C39H62N2O12. The van der Waals surface area contributed by atoms with Crippen LogP contribution in [0, 0.1) is 11.8 Å². The van der Waals surface area contributed by atoms with E-state index < -0.39 is 59.6 Å². The van der Waals surface area contributed by atoms with Crippen LogP contribution >= 0.6 is 0 Å². The molecular weight excluding hydrogens is 688 g/mol. The number of nitrogens with zero attached hydrogens (tertiary/aromatic N) is 2. The molecule has 0 saturated carbocycles. The van der Waals surface area contributed by atoms with Gasteiger partial charge in [0.05, 0.1) is 49.6 Å². The highest BCUT2D eigenvalue weighted by atomic mass is 16.6. The number of cyclic esters (lactones) is 1. The fraction of sp³-hybridized carbons (Fsp3) is 0.744. The standard InChI is InChI=1S/C39H62N2O12/c1-9-30(44)27(5)36-31(50-36)23-38(7,48)16-11-12-25(3)35-26(4)13-14-32(39(8,53-28(6)42)17-15-29(43)22-33(45)52-35)51-37(47)41-20-18-40(19-21-41)24-34(46)49-10-2/h11-14,16,26-27,29-32,35-36,43-44,48H,9-10,15,17-24H2,1-8H3/b14-13+,16-11+,25-12+/t26-,27+,29+,30-,31+,32+,35+,36+,38-,39+/m0/s1. The maximum Gasteiger partial charge on any atom is 0.410 e. The van der Waals surface area contributed by atoms with Gasteiger partial charge in [-0.1, -0.05) is 45.1 Å². The van der Waals surface area contributed by atoms with Gasteiger partial charge >= 0.3 is 24.0 Å². The van der Waals surface area contributed by atoms with Gasteiger partial charge in [0, 0.05) is 51.4 Å². The molecule has 3 heterocycles. The van der Waals surface area contributed by atoms with E-state index >= 15 is 0 Å². The van der Waals surface area contributed by atoms with Gasteiger partial charge in [0.1, 0.15) is 11.7 Å². The molecule has 0 unspecified atom stereocenters. The third-order valence-electron chi connectivity index (χ3n) is 10.2. The summed E-state index contributed by atoms with van der Waals surface area (Å²) in [6, 6.07) is 0. The summed E-state index contributed by atoms with van der Waals surface area (Å²) >= 11 is 0. The Hall–Kier alpha value is -3.30. The molecule has 2 saturated heterocycles. The first-order chi connectivity index (χ1) is 24.9. The van der Waals surface area contributed by atoms with Crippen LogP contribution in [0.2, 0.25) is 0 Å². The van der Waals surface area contributed by atoms with Gasteiger partial charge < -0.3 is 43.9 Å². The Bertz CT molecular complexity index is 1340. The number of hydrogen-bond donors (Lipinski definition) is 3. The molecule has 0 aromatic rings. The smallest absolute Gasteiger partial charge is 0.410 e. The number of amides is 1. The monoisotopic (exact) mass is 750 g/mol. The molecule has 0 aromatic heterocycles. The lowest BCUT2D eigenvalue weighted by Crippen LogP contribution is -2.52. The molecule has 0 radical (unpaired) electrons. The quantitative estimate of drug-likeness (QED) is 0.0819. The highest BCUT2D eigenvalue weighted by Crippen LogP contribution is 2.38. The molecule has 3 rings (SSSR count). The van der Waals surface area contributed by atoms with Gasteiger partial charge in [-0.05, 0) is 58.6 Å². The number of allylic oxidation sites excluding steroid dienone is 2. The Morgan fingerprint density at radius 2 is 1.83 bits per heavy atom. The first kappa shape index (κ1) is 44.1. The van der Waals surface area contributed by atoms with Crippen molar-refractivity contribution >= 4 is 24.0 Å². The molecule has 0 spiro atoms. The second kappa shape index (κ2) is 19.9. The van der Waals surface area contributed by atoms with Gasteiger partial charge in [-0.25, -0.2) is 4.79 Å². The van der Waals surface area contributed by atoms with E-state index in [1.807, 2.05) is 25.7 Å². The summed E-state index contributed by atoms with van der Waals surface area (Å²) in [5.74, 6) is -2.03. The topological polar surface area (TPSA) is 185 Å². The molecule has 10 atom stereocenters. The average Bonchev–Trinajstić information content (AvgIpc) is 3.84. The van der Waals surface area contributed by atoms with E-state index in [2.05, 4.69) is 0 Å². The molecule has 14 heteroatoms. The third kappa shape index (κ3) is 13.8. The molecule has 300 valence electrons. The van der Waals surface area contributed by atoms with Crippen molar-refractivity contribution < 1.29 is 58.2 Å². The first-order valence-electron chi connectivity index (χ1n) is 18.9. The second-order valence-electron chi connectivity index (χ2n) is 15.1. The molecule has 0 bridgehead atoms. The highest BCUT2D eigenvalue weighted by Gasteiger charge is 2.47. The van der Waals surface area contributed by atoms with E-state index in [9.17, 15) is 34.5 Å². The van der Waals surface area contributed by atoms with Gasteiger partial charge in [0.15, 0.2) is 6.10 Å². The van der Waals surface area contributed by atoms with Crippen LogP contribution < -0.4 is 0 Å². The maximum absolute atomic E-state index is 13.5. The van der Waals surface area contributed by atoms with Gasteiger partial charge in [0.2, 0.25) is 0 Å². The molecule has 0 aromatic carbocycles. The highest BCUT2D eigenvalue weighted by molar-refractivity contribution is 5.72. The Morgan fingerprint density at radius 1 is 1.15 bits per heavy atom. The van der Waals surface area contributed by atoms with E-state index in [1.165, 1.54) is 11.8 Å². The minimum atomic E-state index is -1.38. The molecule has 0 aliphatic carbocycles. The lowest BCUT2D eigenvalue weighted by Gasteiger charge is -2.38. The number of piperazine rings is 1. The number of rotatable bonds is 13. The predicted molar refractivity (Wildman–Crippen MR) is 195 cm³/mol. The summed E-state index contributed by atoms with van der Waals surface area (Å²) in [7, 11) is 0. The van der Waals surface area contributed by atoms with Crippen LogP contribution in [0.3, 0.4) is 0 Å². The number of carbonyl (C=O) groups is 4. The summed E-state index contributed by atoms with van der Waals surface area (Å²) in [5, 5.41) is 32.1. The van der Waals surface area contributed by atoms with E-state index in [0.717, 1.165) is 0 Å². The van der Waals surface area contributed by atoms with Crippen molar-refractivity contribution in [2.24, 2.45) is 11.8 Å². The minimum Gasteiger partial charge on any atom is -0.465 e. The van der Waals surface area contributed by atoms with Crippen LogP contribution in [0.5, 0.6) is 0 Å². The number of aliphatic hydroxyl groups excluding tert-OH is 2. The van der Waals surface area contributed by atoms with Crippen LogP contribution in [0.1, 0.15) is 87.5 Å². The van der Waals surface area contributed by atoms with Crippen molar-refractivity contribution in [3.63, 3.8) is 0 Å². The van der Waals surface area contributed by atoms with Crippen molar-refractivity contribution in [3.8, 4) is 0 Å². The molecule has 2 fully saturated rings. The number of carbonyl (C=O) groups excluding carboxylic acids is 4. The third-order valence-corrected chi connectivity index (χ3v) is 10.2. The Labute approximate surface area is 314 Å². The minimum absolute atomic E-state index is 0.0365. The van der Waals surface area contributed by atoms with Gasteiger partial charge in [0.25, 0.3) is 0 Å². The van der Waals surface area contributed by atoms with E-state index in [-0.39, 0.29) is 49.9 Å². The lowest BCUT2D eigenvalue weighted by molar-refractivity contribution is -0.168. The Balaban J connectivity index is 1.80. The van der Waals surface area contributed by atoms with Crippen LogP contribution in [0.25, 0.3) is 0 Å². The van der Waals surface area contributed by atoms with Crippen molar-refractivity contribution in [1.29, 1.82) is 0 Å². The van der Waals surface area contributed by atoms with Crippen molar-refractivity contribution in [1.82, 2.24) is 9.80 Å². The Kier molecular flexibility index (Phi) is 16.5. The number of aliphatic hydroxyl groups is 3. The number of hydrogen-bond acceptors (Lipinski definition) is 13. The molecule has 1 amide bonds. The SMILES string of the molecule is CCOC(=O)CN1CCN(C(=O)O[C@@H]2/C=C/[C@H](C)[C@@H](/C(C)=C/C=C/[C@](C)(O)C[C@H]3O[C@@H]3[C@H](C)[C@@H](O)CC)OC(=O)C[C@H](O)CC[C@@]2(C)OC(C)=O)CC1. The van der Waals surface area contributed by atoms with Crippen molar-refractivity contribution in [2.75, 3.05) is 39.3 Å². The van der Waals surface area contributed by atoms with E-state index in [4.69, 9.17) is 23.7 Å². The maximum atomic E-state index is 13.5. The summed E-state index contributed by atoms with van der Waals surface area (Å²) < 4.78 is 28.5. The molecule has 3 aliphatic rings. The average molecular weight is 751 g/mol. The summed E-state index contributed by atoms with van der Waals surface area (Å²) in [4.78, 5) is 54.2. The summed E-state index contributed by atoms with van der Waals surface area (Å²) in [6.07, 6.45) is 4.97. The van der Waals surface area contributed by atoms with Crippen molar-refractivity contribution in [3.05, 3.63) is 36.0 Å². The van der Waals surface area contributed by atoms with Gasteiger partial charge in [-0.15, -0.1) is 0 Å². The van der Waals surface area contributed by atoms with E-state index in [1.54, 1.807) is 58.1 Å². The van der Waals surface area contributed by atoms with Gasteiger partial charge in [-0.2, -0.15) is 0 Å². The first-order valence-corrected chi connectivity index (χ1v) is 18.9. The van der Waals surface area contributed by atoms with Gasteiger partial charge in [-0.3, -0.25) is 19.3 Å². The lowest BCUT2D eigenvalue weighted by atomic mass is 9.88. The predicted octanol–water partition coefficient (Wildman–Crippen LogP) is 3.46. The zero-order chi connectivity index (χ0) is 39.5. The zero-order valence-corrected chi connectivity index (χ0v) is 32.7. The van der Waals surface area contributed by atoms with Crippen LogP contribution in [-0.4, -0.2) is 136 Å². The Morgan fingerprint density at radius 3 is 2.45 bits per heavy atom. The number of epoxide rings is 1. The number of esters is 3. The second-order valence-corrected chi connectivity index (χ2v) is 15.1. The largest absolute Gasteiger partial charge is 0.465 e. The molecule has 3 N–H and O–H groups in total. The molecule has 3 aliphatic heterocycles. The summed E-state index contributed by atoms with van der Waals surface area (Å²) in [6.45, 7) is 15.7. The van der Waals surface area contributed by atoms with Crippen LogP contribution in [0.4, 0.5) is 4.79 Å². The van der Waals surface area contributed by atoms with Crippen LogP contribution in [-0.2, 0) is 38.1 Å². The number of ether oxygens (including phenoxy) is 5. The fourth-order valence-corrected chi connectivity index (χ4v) is 6.89. The van der Waals surface area contributed by atoms with Crippen LogP contribution in [0.15, 0.2) is 36.0 Å². The van der Waals surface area contributed by atoms with E-state index in [0.29, 0.717) is 51.2 Å². The zero-order valence-electron chi connectivity index (χ0n) is 32.7. The normalized spacial score (nSPS) is 31.9. The fourth-order valence-electron chi connectivity index (χ4n) is 6.89. The van der Waals surface area contributed by atoms with Crippen molar-refractivity contribution in [2.45, 2.75) is 135 Å². The molecule has 14 nitrogen and oxygen atoms in total.